The molecule has 1 aromatic carbocycles. The van der Waals surface area contributed by atoms with Gasteiger partial charge in [0.25, 0.3) is 5.91 Å². The summed E-state index contributed by atoms with van der Waals surface area (Å²) < 4.78 is 5.41. The van der Waals surface area contributed by atoms with Crippen molar-refractivity contribution in [1.82, 2.24) is 10.2 Å². The number of ether oxygens (including phenoxy) is 1. The molecule has 126 valence electrons. The Morgan fingerprint density at radius 3 is 2.96 bits per heavy atom. The van der Waals surface area contributed by atoms with Crippen molar-refractivity contribution in [2.24, 2.45) is 0 Å². The van der Waals surface area contributed by atoms with Gasteiger partial charge in [-0.05, 0) is 25.1 Å². The van der Waals surface area contributed by atoms with Crippen LogP contribution in [0, 0.1) is 0 Å². The summed E-state index contributed by atoms with van der Waals surface area (Å²) in [7, 11) is 1.84. The highest BCUT2D eigenvalue weighted by Gasteiger charge is 2.27. The van der Waals surface area contributed by atoms with Crippen LogP contribution in [-0.4, -0.2) is 56.0 Å². The molecule has 23 heavy (non-hydrogen) atoms. The Bertz CT molecular complexity index is 575. The zero-order valence-electron chi connectivity index (χ0n) is 13.2. The monoisotopic (exact) mass is 339 g/mol. The number of hydrogen-bond acceptors (Lipinski definition) is 4. The second kappa shape index (κ2) is 7.66. The van der Waals surface area contributed by atoms with Gasteiger partial charge in [0.2, 0.25) is 5.91 Å². The third kappa shape index (κ3) is 3.76. The molecule has 7 heteroatoms. The average molecular weight is 340 g/mol. The topological polar surface area (TPSA) is 61.9 Å². The van der Waals surface area contributed by atoms with E-state index in [1.165, 1.54) is 0 Å². The molecule has 0 bridgehead atoms. The van der Waals surface area contributed by atoms with E-state index in [0.29, 0.717) is 18.7 Å². The zero-order valence-corrected chi connectivity index (χ0v) is 14.0. The summed E-state index contributed by atoms with van der Waals surface area (Å²) in [5.41, 5.74) is 0.747. The van der Waals surface area contributed by atoms with Crippen LogP contribution in [0.15, 0.2) is 24.3 Å². The predicted molar refractivity (Wildman–Crippen MR) is 90.2 cm³/mol. The first kappa shape index (κ1) is 17.6. The number of benzene rings is 1. The van der Waals surface area contributed by atoms with Gasteiger partial charge in [-0.2, -0.15) is 0 Å². The van der Waals surface area contributed by atoms with Gasteiger partial charge in [-0.3, -0.25) is 9.59 Å². The van der Waals surface area contributed by atoms with Crippen LogP contribution in [0.25, 0.3) is 0 Å². The van der Waals surface area contributed by atoms with Crippen molar-refractivity contribution in [1.29, 1.82) is 0 Å². The largest absolute Gasteiger partial charge is 0.482 e. The van der Waals surface area contributed by atoms with Gasteiger partial charge in [-0.1, -0.05) is 12.1 Å². The number of hydrogen-bond donors (Lipinski definition) is 1. The summed E-state index contributed by atoms with van der Waals surface area (Å²) in [5, 5.41) is 3.26. The summed E-state index contributed by atoms with van der Waals surface area (Å²) in [6.45, 7) is 2.23. The molecule has 6 nitrogen and oxygen atoms in total. The fourth-order valence-electron chi connectivity index (χ4n) is 2.96. The number of likely N-dealkylation sites (N-methyl/N-ethyl adjacent to an activating group) is 1. The number of anilines is 1. The normalized spacial score (nSPS) is 19.6. The van der Waals surface area contributed by atoms with Gasteiger partial charge >= 0.3 is 0 Å². The maximum Gasteiger partial charge on any atom is 0.265 e. The lowest BCUT2D eigenvalue weighted by Crippen LogP contribution is -2.43. The molecule has 2 amide bonds. The van der Waals surface area contributed by atoms with Crippen molar-refractivity contribution in [3.63, 3.8) is 0 Å². The fraction of sp³-hybridized carbons (Fsp3) is 0.500. The Morgan fingerprint density at radius 2 is 2.22 bits per heavy atom. The molecule has 1 N–H and O–H groups in total. The number of fused-ring (bicyclic) bond motifs is 1. The molecular weight excluding hydrogens is 318 g/mol. The van der Waals surface area contributed by atoms with Crippen LogP contribution in [0.2, 0.25) is 0 Å². The molecule has 0 radical (unpaired) electrons. The maximum atomic E-state index is 12.3. The lowest BCUT2D eigenvalue weighted by atomic mass is 10.2. The Morgan fingerprint density at radius 1 is 1.43 bits per heavy atom. The smallest absolute Gasteiger partial charge is 0.265 e. The number of amides is 2. The summed E-state index contributed by atoms with van der Waals surface area (Å²) in [6.07, 6.45) is 1.31. The molecular formula is C16H22ClN3O3. The average Bonchev–Trinajstić information content (AvgIpc) is 3.07. The molecule has 0 spiro atoms. The number of halogens is 1. The minimum atomic E-state index is -0.100. The van der Waals surface area contributed by atoms with Gasteiger partial charge in [0.05, 0.1) is 5.69 Å². The number of carbonyl (C=O) groups excluding carboxylic acids is 2. The second-order valence-electron chi connectivity index (χ2n) is 5.70. The van der Waals surface area contributed by atoms with Gasteiger partial charge in [0.1, 0.15) is 5.75 Å². The van der Waals surface area contributed by atoms with Crippen LogP contribution < -0.4 is 15.0 Å². The Hall–Kier alpha value is -1.79. The van der Waals surface area contributed by atoms with Gasteiger partial charge in [-0.15, -0.1) is 12.4 Å². The van der Waals surface area contributed by atoms with Crippen LogP contribution in [0.5, 0.6) is 5.75 Å². The molecule has 1 saturated heterocycles. The van der Waals surface area contributed by atoms with Crippen LogP contribution in [0.1, 0.15) is 12.8 Å². The minimum absolute atomic E-state index is 0. The Kier molecular flexibility index (Phi) is 5.85. The van der Waals surface area contributed by atoms with Gasteiger partial charge in [-0.25, -0.2) is 0 Å². The third-order valence-corrected chi connectivity index (χ3v) is 4.33. The van der Waals surface area contributed by atoms with Gasteiger partial charge < -0.3 is 19.9 Å². The maximum absolute atomic E-state index is 12.3. The summed E-state index contributed by atoms with van der Waals surface area (Å²) in [5.74, 6) is 0.671. The van der Waals surface area contributed by atoms with E-state index >= 15 is 0 Å². The molecule has 1 atom stereocenters. The molecule has 2 aliphatic rings. The van der Waals surface area contributed by atoms with E-state index < -0.39 is 0 Å². The van der Waals surface area contributed by atoms with Gasteiger partial charge in [0, 0.05) is 32.6 Å². The Balaban J connectivity index is 0.00000192. The van der Waals surface area contributed by atoms with E-state index in [1.54, 1.807) is 9.80 Å². The quantitative estimate of drug-likeness (QED) is 0.890. The summed E-state index contributed by atoms with van der Waals surface area (Å²) in [6, 6.07) is 7.69. The first-order valence-corrected chi connectivity index (χ1v) is 7.65. The summed E-state index contributed by atoms with van der Waals surface area (Å²) in [4.78, 5) is 27.8. The molecule has 3 rings (SSSR count). The molecule has 0 aliphatic carbocycles. The van der Waals surface area contributed by atoms with E-state index in [1.807, 2.05) is 31.3 Å². The standard InChI is InChI=1S/C16H21N3O3.ClH/c1-18(12-6-8-17-10-12)15(20)7-9-19-13-4-2-3-5-14(13)22-11-16(19)21;/h2-5,12,17H,6-11H2,1H3;1H. The molecule has 0 aromatic heterocycles. The molecule has 1 fully saturated rings. The van der Waals surface area contributed by atoms with Crippen molar-refractivity contribution >= 4 is 29.9 Å². The number of para-hydroxylation sites is 2. The molecule has 1 aromatic rings. The van der Waals surface area contributed by atoms with E-state index in [4.69, 9.17) is 4.74 Å². The van der Waals surface area contributed by atoms with E-state index in [2.05, 4.69) is 5.32 Å². The lowest BCUT2D eigenvalue weighted by Gasteiger charge is -2.30. The molecule has 0 saturated carbocycles. The van der Waals surface area contributed by atoms with Crippen LogP contribution in [0.3, 0.4) is 0 Å². The second-order valence-corrected chi connectivity index (χ2v) is 5.70. The minimum Gasteiger partial charge on any atom is -0.482 e. The number of carbonyl (C=O) groups is 2. The lowest BCUT2D eigenvalue weighted by molar-refractivity contribution is -0.131. The Labute approximate surface area is 142 Å². The van der Waals surface area contributed by atoms with Crippen LogP contribution in [-0.2, 0) is 9.59 Å². The number of nitrogens with one attached hydrogen (secondary N) is 1. The molecule has 1 unspecified atom stereocenters. The zero-order chi connectivity index (χ0) is 15.5. The highest BCUT2D eigenvalue weighted by molar-refractivity contribution is 5.98. The van der Waals surface area contributed by atoms with Crippen molar-refractivity contribution in [2.45, 2.75) is 18.9 Å². The van der Waals surface area contributed by atoms with E-state index in [0.717, 1.165) is 25.2 Å². The highest BCUT2D eigenvalue weighted by Crippen LogP contribution is 2.31. The van der Waals surface area contributed by atoms with Crippen molar-refractivity contribution in [2.75, 3.05) is 38.2 Å². The van der Waals surface area contributed by atoms with Crippen LogP contribution in [0.4, 0.5) is 5.69 Å². The third-order valence-electron chi connectivity index (χ3n) is 4.33. The highest BCUT2D eigenvalue weighted by atomic mass is 35.5. The van der Waals surface area contributed by atoms with E-state index in [-0.39, 0.29) is 36.9 Å². The van der Waals surface area contributed by atoms with Crippen LogP contribution >= 0.6 is 12.4 Å². The van der Waals surface area contributed by atoms with Crippen molar-refractivity contribution < 1.29 is 14.3 Å². The first-order valence-electron chi connectivity index (χ1n) is 7.65. The van der Waals surface area contributed by atoms with Crippen molar-refractivity contribution in [3.05, 3.63) is 24.3 Å². The number of nitrogens with zero attached hydrogens (tertiary/aromatic N) is 2. The fourth-order valence-corrected chi connectivity index (χ4v) is 2.96. The number of rotatable bonds is 4. The van der Waals surface area contributed by atoms with Gasteiger partial charge in [0.15, 0.2) is 6.61 Å². The first-order chi connectivity index (χ1) is 10.7. The predicted octanol–water partition coefficient (Wildman–Crippen LogP) is 1.04. The SMILES string of the molecule is CN(C(=O)CCN1C(=O)COc2ccccc21)C1CCNC1.Cl. The molecule has 2 heterocycles. The van der Waals surface area contributed by atoms with E-state index in [9.17, 15) is 9.59 Å². The van der Waals surface area contributed by atoms with Crippen molar-refractivity contribution in [3.8, 4) is 5.75 Å². The molecule has 2 aliphatic heterocycles. The summed E-state index contributed by atoms with van der Waals surface area (Å²) >= 11 is 0.